The number of fused-ring (bicyclic) bond motifs is 1. The van der Waals surface area contributed by atoms with Crippen molar-refractivity contribution in [3.8, 4) is 11.3 Å². The molecule has 3 aromatic heterocycles. The average molecular weight is 376 g/mol. The fourth-order valence-electron chi connectivity index (χ4n) is 3.23. The summed E-state index contributed by atoms with van der Waals surface area (Å²) in [5.41, 5.74) is 3.90. The Morgan fingerprint density at radius 2 is 2.00 bits per heavy atom. The summed E-state index contributed by atoms with van der Waals surface area (Å²) in [6, 6.07) is 15.9. The first-order valence-corrected chi connectivity index (χ1v) is 9.72. The molecular formula is C21H20N4OS. The van der Waals surface area contributed by atoms with Gasteiger partial charge in [-0.2, -0.15) is 5.10 Å². The number of carbonyl (C=O) groups excluding carboxylic acids is 1. The molecule has 0 unspecified atom stereocenters. The third-order valence-electron chi connectivity index (χ3n) is 4.52. The summed E-state index contributed by atoms with van der Waals surface area (Å²) in [6.07, 6.45) is 0.829. The largest absolute Gasteiger partial charge is 0.352 e. The first-order chi connectivity index (χ1) is 13.1. The number of rotatable bonds is 5. The van der Waals surface area contributed by atoms with Gasteiger partial charge in [0.2, 0.25) is 0 Å². The van der Waals surface area contributed by atoms with Crippen LogP contribution in [0.3, 0.4) is 0 Å². The van der Waals surface area contributed by atoms with Crippen LogP contribution >= 0.6 is 11.3 Å². The number of benzene rings is 1. The molecule has 0 spiro atoms. The van der Waals surface area contributed by atoms with Crippen LogP contribution in [-0.4, -0.2) is 27.2 Å². The van der Waals surface area contributed by atoms with Gasteiger partial charge in [0, 0.05) is 24.0 Å². The molecule has 0 atom stereocenters. The third-order valence-corrected chi connectivity index (χ3v) is 5.46. The van der Waals surface area contributed by atoms with E-state index in [4.69, 9.17) is 4.98 Å². The maximum absolute atomic E-state index is 13.0. The second-order valence-corrected chi connectivity index (χ2v) is 7.45. The Hall–Kier alpha value is -2.99. The third kappa shape index (κ3) is 3.48. The molecule has 27 heavy (non-hydrogen) atoms. The predicted octanol–water partition coefficient (Wildman–Crippen LogP) is 3.98. The van der Waals surface area contributed by atoms with Gasteiger partial charge in [-0.25, -0.2) is 4.98 Å². The average Bonchev–Trinajstić information content (AvgIpc) is 3.30. The van der Waals surface area contributed by atoms with Gasteiger partial charge in [0.05, 0.1) is 22.3 Å². The Morgan fingerprint density at radius 3 is 2.74 bits per heavy atom. The number of aryl methyl sites for hydroxylation is 2. The quantitative estimate of drug-likeness (QED) is 0.573. The number of pyridine rings is 1. The molecule has 0 saturated carbocycles. The molecule has 1 amide bonds. The standard InChI is InChI=1S/C21H20N4OS/c1-14-19-17(21(26)22-11-10-16-9-6-12-27-16)13-18(15-7-4-3-5-8-15)23-20(19)25(2)24-14/h3-9,12-13H,10-11H2,1-2H3,(H,22,26). The number of carbonyl (C=O) groups is 1. The van der Waals surface area contributed by atoms with Gasteiger partial charge in [-0.3, -0.25) is 9.48 Å². The van der Waals surface area contributed by atoms with Crippen LogP contribution in [0.1, 0.15) is 20.9 Å². The molecule has 0 aliphatic rings. The second-order valence-electron chi connectivity index (χ2n) is 6.41. The molecule has 0 bridgehead atoms. The predicted molar refractivity (Wildman–Crippen MR) is 109 cm³/mol. The maximum atomic E-state index is 13.0. The van der Waals surface area contributed by atoms with E-state index in [2.05, 4.69) is 21.9 Å². The molecule has 3 heterocycles. The zero-order valence-corrected chi connectivity index (χ0v) is 16.1. The normalized spacial score (nSPS) is 11.0. The molecule has 1 aromatic carbocycles. The van der Waals surface area contributed by atoms with Crippen LogP contribution in [0, 0.1) is 6.92 Å². The highest BCUT2D eigenvalue weighted by molar-refractivity contribution is 7.09. The molecule has 0 fully saturated rings. The van der Waals surface area contributed by atoms with E-state index in [9.17, 15) is 4.79 Å². The molecule has 6 heteroatoms. The number of nitrogens with zero attached hydrogens (tertiary/aromatic N) is 3. The summed E-state index contributed by atoms with van der Waals surface area (Å²) >= 11 is 1.70. The van der Waals surface area contributed by atoms with E-state index in [0.717, 1.165) is 34.4 Å². The number of hydrogen-bond donors (Lipinski definition) is 1. The van der Waals surface area contributed by atoms with E-state index >= 15 is 0 Å². The van der Waals surface area contributed by atoms with Gasteiger partial charge >= 0.3 is 0 Å². The van der Waals surface area contributed by atoms with Crippen LogP contribution in [-0.2, 0) is 13.5 Å². The summed E-state index contributed by atoms with van der Waals surface area (Å²) in [5, 5.41) is 10.4. The molecule has 0 aliphatic carbocycles. The molecule has 136 valence electrons. The summed E-state index contributed by atoms with van der Waals surface area (Å²) in [4.78, 5) is 19.0. The minimum Gasteiger partial charge on any atom is -0.352 e. The van der Waals surface area contributed by atoms with Crippen molar-refractivity contribution in [2.75, 3.05) is 6.54 Å². The molecule has 4 rings (SSSR count). The maximum Gasteiger partial charge on any atom is 0.252 e. The first kappa shape index (κ1) is 17.4. The molecule has 5 nitrogen and oxygen atoms in total. The number of thiophene rings is 1. The lowest BCUT2D eigenvalue weighted by atomic mass is 10.0. The Morgan fingerprint density at radius 1 is 1.19 bits per heavy atom. The zero-order valence-electron chi connectivity index (χ0n) is 15.3. The summed E-state index contributed by atoms with van der Waals surface area (Å²) in [6.45, 7) is 2.51. The SMILES string of the molecule is Cc1nn(C)c2nc(-c3ccccc3)cc(C(=O)NCCc3cccs3)c12. The summed E-state index contributed by atoms with van der Waals surface area (Å²) in [7, 11) is 1.86. The van der Waals surface area contributed by atoms with Crippen molar-refractivity contribution in [2.24, 2.45) is 7.05 Å². The Labute approximate surface area is 161 Å². The highest BCUT2D eigenvalue weighted by Gasteiger charge is 2.19. The fraction of sp³-hybridized carbons (Fsp3) is 0.190. The molecule has 0 saturated heterocycles. The van der Waals surface area contributed by atoms with E-state index in [1.165, 1.54) is 4.88 Å². The van der Waals surface area contributed by atoms with Crippen molar-refractivity contribution in [3.63, 3.8) is 0 Å². The number of hydrogen-bond acceptors (Lipinski definition) is 4. The van der Waals surface area contributed by atoms with Crippen LogP contribution < -0.4 is 5.32 Å². The Bertz CT molecular complexity index is 1080. The van der Waals surface area contributed by atoms with Crippen molar-refractivity contribution in [2.45, 2.75) is 13.3 Å². The first-order valence-electron chi connectivity index (χ1n) is 8.84. The lowest BCUT2D eigenvalue weighted by Gasteiger charge is -2.09. The molecule has 4 aromatic rings. The van der Waals surface area contributed by atoms with Gasteiger partial charge in [0.25, 0.3) is 5.91 Å². The minimum atomic E-state index is -0.0905. The van der Waals surface area contributed by atoms with Gasteiger partial charge in [0.15, 0.2) is 5.65 Å². The Kier molecular flexibility index (Phi) is 4.73. The highest BCUT2D eigenvalue weighted by atomic mass is 32.1. The van der Waals surface area contributed by atoms with Gasteiger partial charge in [-0.05, 0) is 30.9 Å². The van der Waals surface area contributed by atoms with Crippen molar-refractivity contribution in [1.29, 1.82) is 0 Å². The van der Waals surface area contributed by atoms with E-state index in [1.54, 1.807) is 16.0 Å². The van der Waals surface area contributed by atoms with E-state index < -0.39 is 0 Å². The lowest BCUT2D eigenvalue weighted by molar-refractivity contribution is 0.0956. The van der Waals surface area contributed by atoms with Crippen LogP contribution in [0.25, 0.3) is 22.3 Å². The summed E-state index contributed by atoms with van der Waals surface area (Å²) in [5.74, 6) is -0.0905. The van der Waals surface area contributed by atoms with Gasteiger partial charge in [-0.1, -0.05) is 36.4 Å². The Balaban J connectivity index is 1.70. The summed E-state index contributed by atoms with van der Waals surface area (Å²) < 4.78 is 1.74. The van der Waals surface area contributed by atoms with E-state index in [-0.39, 0.29) is 5.91 Å². The van der Waals surface area contributed by atoms with Crippen LogP contribution in [0.2, 0.25) is 0 Å². The molecule has 0 radical (unpaired) electrons. The van der Waals surface area contributed by atoms with E-state index in [0.29, 0.717) is 12.1 Å². The van der Waals surface area contributed by atoms with E-state index in [1.807, 2.05) is 56.4 Å². The van der Waals surface area contributed by atoms with Gasteiger partial charge in [-0.15, -0.1) is 11.3 Å². The van der Waals surface area contributed by atoms with Crippen LogP contribution in [0.5, 0.6) is 0 Å². The second kappa shape index (κ2) is 7.32. The lowest BCUT2D eigenvalue weighted by Crippen LogP contribution is -2.26. The number of aromatic nitrogens is 3. The van der Waals surface area contributed by atoms with Crippen molar-refractivity contribution in [1.82, 2.24) is 20.1 Å². The van der Waals surface area contributed by atoms with Crippen molar-refractivity contribution >= 4 is 28.3 Å². The molecular weight excluding hydrogens is 356 g/mol. The van der Waals surface area contributed by atoms with Crippen molar-refractivity contribution < 1.29 is 4.79 Å². The molecule has 0 aliphatic heterocycles. The van der Waals surface area contributed by atoms with Crippen LogP contribution in [0.4, 0.5) is 0 Å². The smallest absolute Gasteiger partial charge is 0.252 e. The van der Waals surface area contributed by atoms with Gasteiger partial charge < -0.3 is 5.32 Å². The monoisotopic (exact) mass is 376 g/mol. The highest BCUT2D eigenvalue weighted by Crippen LogP contribution is 2.26. The molecule has 1 N–H and O–H groups in total. The fourth-order valence-corrected chi connectivity index (χ4v) is 3.94. The van der Waals surface area contributed by atoms with Crippen LogP contribution in [0.15, 0.2) is 53.9 Å². The zero-order chi connectivity index (χ0) is 18.8. The number of nitrogens with one attached hydrogen (secondary N) is 1. The number of amides is 1. The topological polar surface area (TPSA) is 59.8 Å². The van der Waals surface area contributed by atoms with Crippen molar-refractivity contribution in [3.05, 3.63) is 70.0 Å². The van der Waals surface area contributed by atoms with Gasteiger partial charge in [0.1, 0.15) is 0 Å². The minimum absolute atomic E-state index is 0.0905.